The average Bonchev–Trinajstić information content (AvgIpc) is 4.03. The zero-order chi connectivity index (χ0) is 56.3. The molecule has 0 saturated carbocycles. The number of aliphatic hydroxyl groups is 1. The van der Waals surface area contributed by atoms with Gasteiger partial charge in [0, 0.05) is 66.3 Å². The number of nitrogens with zero attached hydrogens (tertiary/aromatic N) is 2. The van der Waals surface area contributed by atoms with Crippen molar-refractivity contribution in [2.45, 2.75) is 107 Å². The number of carbonyl (C=O) groups excluding carboxylic acids is 8. The molecule has 9 atom stereocenters. The number of aliphatic imine (C=N–C) groups is 1. The maximum Gasteiger partial charge on any atom is 0.244 e. The van der Waals surface area contributed by atoms with Gasteiger partial charge >= 0.3 is 0 Å². The zero-order valence-corrected chi connectivity index (χ0v) is 44.7. The van der Waals surface area contributed by atoms with Gasteiger partial charge in [-0.2, -0.15) is 0 Å². The number of amides is 8. The highest BCUT2D eigenvalue weighted by Gasteiger charge is 2.36. The number of aliphatic hydroxyl groups excluding tert-OH is 1. The van der Waals surface area contributed by atoms with Crippen molar-refractivity contribution < 1.29 is 43.5 Å². The minimum Gasteiger partial charge on any atom is -0.391 e. The molecule has 3 heterocycles. The first-order valence-electron chi connectivity index (χ1n) is 25.1. The van der Waals surface area contributed by atoms with Gasteiger partial charge in [-0.25, -0.2) is 4.98 Å². The Morgan fingerprint density at radius 1 is 0.744 bits per heavy atom. The monoisotopic (exact) mass is 1110 g/mol. The number of rotatable bonds is 18. The summed E-state index contributed by atoms with van der Waals surface area (Å²) in [4.78, 5) is 129. The zero-order valence-electron chi connectivity index (χ0n) is 43.0. The summed E-state index contributed by atoms with van der Waals surface area (Å²) in [5, 5.41) is 30.1. The number of hydrogen-bond acceptors (Lipinski definition) is 14. The van der Waals surface area contributed by atoms with E-state index >= 15 is 0 Å². The fourth-order valence-electron chi connectivity index (χ4n) is 8.45. The van der Waals surface area contributed by atoms with Gasteiger partial charge < -0.3 is 75.2 Å². The minimum absolute atomic E-state index is 0.0471. The summed E-state index contributed by atoms with van der Waals surface area (Å²) in [6, 6.07) is 13.8. The Morgan fingerprint density at radius 2 is 1.32 bits per heavy atom. The lowest BCUT2D eigenvalue weighted by molar-refractivity contribution is -0.135. The topological polar surface area (TPSA) is 402 Å². The highest BCUT2D eigenvalue weighted by atomic mass is 33.1. The molecule has 78 heavy (non-hydrogen) atoms. The molecule has 6 rings (SSSR count). The number of nitrogens with two attached hydrogens (primary N) is 4. The van der Waals surface area contributed by atoms with Crippen molar-refractivity contribution in [3.63, 3.8) is 0 Å². The third-order valence-electron chi connectivity index (χ3n) is 12.6. The molecule has 18 N–H and O–H groups in total. The van der Waals surface area contributed by atoms with E-state index < -0.39 is 102 Å². The van der Waals surface area contributed by atoms with Gasteiger partial charge in [-0.05, 0) is 55.9 Å². The second-order valence-electron chi connectivity index (χ2n) is 18.8. The van der Waals surface area contributed by atoms with Crippen LogP contribution in [0.15, 0.2) is 102 Å². The van der Waals surface area contributed by atoms with Crippen molar-refractivity contribution in [3.8, 4) is 0 Å². The third-order valence-corrected chi connectivity index (χ3v) is 15.0. The van der Waals surface area contributed by atoms with Gasteiger partial charge in [0.25, 0.3) is 0 Å². The first kappa shape index (κ1) is 59.3. The highest BCUT2D eigenvalue weighted by Crippen LogP contribution is 2.25. The number of aryl methyl sites for hydroxylation is 1. The molecule has 0 bridgehead atoms. The summed E-state index contributed by atoms with van der Waals surface area (Å²) < 4.78 is 0. The largest absolute Gasteiger partial charge is 0.391 e. The molecule has 3 aromatic carbocycles. The van der Waals surface area contributed by atoms with Crippen LogP contribution < -0.4 is 60.2 Å². The molecule has 0 radical (unpaired) electrons. The van der Waals surface area contributed by atoms with Crippen molar-refractivity contribution in [1.82, 2.24) is 52.2 Å². The van der Waals surface area contributed by atoms with Crippen molar-refractivity contribution in [3.05, 3.63) is 126 Å². The van der Waals surface area contributed by atoms with Crippen molar-refractivity contribution in [2.24, 2.45) is 27.9 Å². The number of guanidine groups is 1. The number of imidazole rings is 1. The summed E-state index contributed by atoms with van der Waals surface area (Å²) in [6.07, 6.45) is 1.52. The van der Waals surface area contributed by atoms with Crippen molar-refractivity contribution in [1.29, 1.82) is 0 Å². The normalized spacial score (nSPS) is 21.3. The quantitative estimate of drug-likeness (QED) is 0.0206. The first-order valence-corrected chi connectivity index (χ1v) is 27.6. The smallest absolute Gasteiger partial charge is 0.244 e. The van der Waals surface area contributed by atoms with Crippen LogP contribution in [0.4, 0.5) is 0 Å². The van der Waals surface area contributed by atoms with E-state index in [9.17, 15) is 43.5 Å². The first-order chi connectivity index (χ1) is 37.3. The molecule has 0 unspecified atom stereocenters. The molecule has 1 fully saturated rings. The Balaban J connectivity index is 1.42. The number of fused-ring (bicyclic) bond motifs is 1. The predicted octanol–water partition coefficient (Wildman–Crippen LogP) is -1.49. The number of aromatic amines is 2. The van der Waals surface area contributed by atoms with Crippen LogP contribution in [0.2, 0.25) is 0 Å². The fourth-order valence-corrected chi connectivity index (χ4v) is 10.8. The van der Waals surface area contributed by atoms with Crippen LogP contribution >= 0.6 is 21.6 Å². The van der Waals surface area contributed by atoms with Gasteiger partial charge in [0.05, 0.1) is 12.1 Å². The summed E-state index contributed by atoms with van der Waals surface area (Å²) >= 11 is 0. The van der Waals surface area contributed by atoms with Crippen LogP contribution in [0, 0.1) is 6.92 Å². The molecular formula is C52H67N15O9S2. The van der Waals surface area contributed by atoms with Crippen LogP contribution in [0.5, 0.6) is 0 Å². The van der Waals surface area contributed by atoms with Crippen LogP contribution in [0.1, 0.15) is 48.0 Å². The van der Waals surface area contributed by atoms with Gasteiger partial charge in [-0.1, -0.05) is 100 Å². The van der Waals surface area contributed by atoms with Crippen LogP contribution in [0.3, 0.4) is 0 Å². The Bertz CT molecular complexity index is 2900. The number of primary amides is 1. The molecule has 1 aliphatic rings. The van der Waals surface area contributed by atoms with Gasteiger partial charge in [-0.15, -0.1) is 0 Å². The summed E-state index contributed by atoms with van der Waals surface area (Å²) in [5.41, 5.74) is 26.3. The van der Waals surface area contributed by atoms with Crippen LogP contribution in [0.25, 0.3) is 10.9 Å². The number of aromatic nitrogens is 3. The lowest BCUT2D eigenvalue weighted by atomic mass is 10.0. The lowest BCUT2D eigenvalue weighted by Gasteiger charge is -2.28. The van der Waals surface area contributed by atoms with E-state index in [-0.39, 0.29) is 62.5 Å². The Morgan fingerprint density at radius 3 is 1.96 bits per heavy atom. The maximum absolute atomic E-state index is 14.8. The number of para-hydroxylation sites is 1. The predicted molar refractivity (Wildman–Crippen MR) is 297 cm³/mol. The Labute approximate surface area is 457 Å². The van der Waals surface area contributed by atoms with E-state index in [1.54, 1.807) is 73.8 Å². The summed E-state index contributed by atoms with van der Waals surface area (Å²) in [7, 11) is 2.01. The van der Waals surface area contributed by atoms with Crippen molar-refractivity contribution in [2.75, 3.05) is 18.1 Å². The van der Waals surface area contributed by atoms with E-state index in [1.807, 2.05) is 24.3 Å². The van der Waals surface area contributed by atoms with Crippen LogP contribution in [-0.4, -0.2) is 146 Å². The molecule has 26 heteroatoms. The second kappa shape index (κ2) is 29.0. The summed E-state index contributed by atoms with van der Waals surface area (Å²) in [5.74, 6) is -6.96. The number of nitrogens with one attached hydrogen (secondary N) is 9. The lowest BCUT2D eigenvalue weighted by Crippen LogP contribution is -2.61. The molecule has 0 aliphatic carbocycles. The third kappa shape index (κ3) is 17.8. The molecule has 1 aliphatic heterocycles. The number of carbonyl (C=O) groups is 8. The molecule has 8 amide bonds. The van der Waals surface area contributed by atoms with E-state index in [0.717, 1.165) is 38.1 Å². The van der Waals surface area contributed by atoms with Gasteiger partial charge in [-0.3, -0.25) is 43.3 Å². The molecule has 5 aromatic rings. The molecule has 0 spiro atoms. The van der Waals surface area contributed by atoms with E-state index in [4.69, 9.17) is 22.9 Å². The molecule has 416 valence electrons. The second-order valence-corrected chi connectivity index (χ2v) is 21.3. The molecule has 24 nitrogen and oxygen atoms in total. The number of H-pyrrole nitrogens is 2. The Hall–Kier alpha value is -7.94. The van der Waals surface area contributed by atoms with Crippen LogP contribution in [-0.2, 0) is 64.0 Å². The highest BCUT2D eigenvalue weighted by molar-refractivity contribution is 8.76. The molecule has 2 aromatic heterocycles. The average molecular weight is 1110 g/mol. The number of benzene rings is 3. The van der Waals surface area contributed by atoms with Gasteiger partial charge in [0.1, 0.15) is 48.1 Å². The number of hydrogen-bond donors (Lipinski definition) is 14. The fraction of sp³-hybridized carbons (Fsp3) is 0.385. The van der Waals surface area contributed by atoms with E-state index in [1.165, 1.54) is 13.1 Å². The summed E-state index contributed by atoms with van der Waals surface area (Å²) in [6.45, 7) is 2.99. The van der Waals surface area contributed by atoms with E-state index in [0.29, 0.717) is 22.6 Å². The Kier molecular flexibility index (Phi) is 22.0. The SMILES string of the molecule is Cc1ncc(C[C@@H]2NC(=O)[C@@H](NC(=O)[C@@H](N)Cc3ccccc3)CSSC[C@H](C(=O)N[C@H](C(N)=O)[C@@H](C)O)NC(=O)[C@@H](Cc3c[nH]c4ccccc34)NC(=O)[C@H](CCCN=C(N)N)NC(=O)[C@@H](Cc3ccccc3)NC2=O)[nH]1. The van der Waals surface area contributed by atoms with Gasteiger partial charge in [0.15, 0.2) is 5.96 Å². The molecule has 1 saturated heterocycles. The van der Waals surface area contributed by atoms with Crippen molar-refractivity contribution >= 4 is 85.7 Å². The van der Waals surface area contributed by atoms with Gasteiger partial charge in [0.2, 0.25) is 47.3 Å². The maximum atomic E-state index is 14.8. The minimum atomic E-state index is -1.58. The standard InChI is InChI=1S/C52H67N15O9S2/c1-28(68)43(44(54)69)67-51(76)42-27-78-77-26-41(65-45(70)35(53)20-30-12-5-3-6-13-30)50(75)64-40(23-33-25-58-29(2)60-33)49(74)62-38(21-31-14-7-4-8-15-31)47(72)61-37(18-11-19-57-52(55)56)46(71)63-39(48(73)66-42)22-32-24-59-36-17-10-9-16-34(32)36/h3-10,12-17,24-25,28,35,37-43,59,68H,11,18-23,26-27,53H2,1-2H3,(H2,54,69)(H,58,60)(H,61,72)(H,62,74)(H,63,71)(H,64,75)(H,65,70)(H,66,73)(H,67,76)(H4,55,56,57)/t28-,35+,37+,38-,39-,40+,41+,42-,43+/m1/s1. The van der Waals surface area contributed by atoms with E-state index in [2.05, 4.69) is 57.2 Å². The molecular weight excluding hydrogens is 1040 g/mol.